The third-order valence-electron chi connectivity index (χ3n) is 10.3. The third kappa shape index (κ3) is 7.44. The monoisotopic (exact) mass is 729 g/mol. The maximum absolute atomic E-state index is 11.6. The number of benzene rings is 3. The van der Waals surface area contributed by atoms with E-state index in [0.717, 1.165) is 70.5 Å². The minimum atomic E-state index is -0.779. The highest BCUT2D eigenvalue weighted by atomic mass is 35.5. The Morgan fingerprint density at radius 2 is 1.73 bits per heavy atom. The number of nitrogens with one attached hydrogen (secondary N) is 1. The molecule has 4 aromatic rings. The quantitative estimate of drug-likeness (QED) is 0.143. The van der Waals surface area contributed by atoms with Crippen molar-refractivity contribution >= 4 is 35.0 Å². The van der Waals surface area contributed by atoms with E-state index in [4.69, 9.17) is 37.4 Å². The Hall–Kier alpha value is -4.15. The summed E-state index contributed by atoms with van der Waals surface area (Å²) in [5.41, 5.74) is 7.96. The standard InChI is InChI=1S/C40H41Cl2N3O6/c1-49-36-17-24(10-11-25(36)19-43-18-23-9-12-28(46)15-23)29-5-3-8-33(37(29)42)30-6-4-7-32-31(30)13-14-35(32)51-39-34(41)16-26(38(44-39)50-2)20-45-21-27(22-45)40(47)48/h3-8,10-11,16-17,23,27,35,43H,9,12-15,18-22H2,1-2H3,(H,47,48)/t23-,35+/m1/s1. The zero-order valence-electron chi connectivity index (χ0n) is 28.7. The second-order valence-corrected chi connectivity index (χ2v) is 14.4. The fraction of sp³-hybridized carbons (Fsp3) is 0.375. The summed E-state index contributed by atoms with van der Waals surface area (Å²) in [6, 6.07) is 20.3. The van der Waals surface area contributed by atoms with Crippen molar-refractivity contribution in [2.75, 3.05) is 33.9 Å². The second-order valence-electron chi connectivity index (χ2n) is 13.7. The molecule has 266 valence electrons. The minimum Gasteiger partial charge on any atom is -0.496 e. The first-order valence-electron chi connectivity index (χ1n) is 17.4. The molecule has 1 saturated heterocycles. The van der Waals surface area contributed by atoms with Crippen LogP contribution in [0.2, 0.25) is 10.0 Å². The number of carboxylic acids is 1. The van der Waals surface area contributed by atoms with Gasteiger partial charge in [-0.2, -0.15) is 4.98 Å². The summed E-state index contributed by atoms with van der Waals surface area (Å²) in [6.45, 7) is 2.93. The Bertz CT molecular complexity index is 1960. The fourth-order valence-corrected chi connectivity index (χ4v) is 8.14. The summed E-state index contributed by atoms with van der Waals surface area (Å²) in [4.78, 5) is 29.5. The Labute approximate surface area is 307 Å². The van der Waals surface area contributed by atoms with Gasteiger partial charge < -0.3 is 24.6 Å². The second kappa shape index (κ2) is 15.2. The van der Waals surface area contributed by atoms with Gasteiger partial charge >= 0.3 is 5.97 Å². The van der Waals surface area contributed by atoms with Crippen LogP contribution in [0.15, 0.2) is 60.7 Å². The molecule has 2 heterocycles. The number of nitrogens with zero attached hydrogens (tertiary/aromatic N) is 2. The van der Waals surface area contributed by atoms with Crippen molar-refractivity contribution in [3.63, 3.8) is 0 Å². The molecule has 2 aliphatic carbocycles. The zero-order chi connectivity index (χ0) is 35.6. The van der Waals surface area contributed by atoms with Gasteiger partial charge in [0.2, 0.25) is 11.8 Å². The highest BCUT2D eigenvalue weighted by Gasteiger charge is 2.34. The lowest BCUT2D eigenvalue weighted by Gasteiger charge is -2.36. The normalized spacial score (nSPS) is 18.8. The number of aromatic nitrogens is 1. The van der Waals surface area contributed by atoms with E-state index in [1.165, 1.54) is 5.56 Å². The maximum Gasteiger partial charge on any atom is 0.309 e. The number of ketones is 1. The summed E-state index contributed by atoms with van der Waals surface area (Å²) in [5.74, 6) is 1.14. The van der Waals surface area contributed by atoms with E-state index in [9.17, 15) is 14.7 Å². The van der Waals surface area contributed by atoms with E-state index in [1.807, 2.05) is 29.2 Å². The van der Waals surface area contributed by atoms with Crippen molar-refractivity contribution in [3.05, 3.63) is 93.0 Å². The largest absolute Gasteiger partial charge is 0.496 e. The number of carbonyl (C=O) groups is 2. The molecule has 1 aromatic heterocycles. The number of carbonyl (C=O) groups excluding carboxylic acids is 1. The number of rotatable bonds is 13. The summed E-state index contributed by atoms with van der Waals surface area (Å²) in [5, 5.41) is 13.8. The number of methoxy groups -OCH3 is 2. The summed E-state index contributed by atoms with van der Waals surface area (Å²) in [6.07, 6.45) is 3.62. The van der Waals surface area contributed by atoms with Crippen LogP contribution in [0, 0.1) is 11.8 Å². The number of hydrogen-bond donors (Lipinski definition) is 2. The average Bonchev–Trinajstić information content (AvgIpc) is 3.72. The van der Waals surface area contributed by atoms with Crippen LogP contribution in [0.5, 0.6) is 17.5 Å². The molecular formula is C40H41Cl2N3O6. The van der Waals surface area contributed by atoms with Crippen LogP contribution in [0.1, 0.15) is 54.0 Å². The first-order chi connectivity index (χ1) is 24.7. The SMILES string of the molecule is COc1cc(-c2cccc(-c3cccc4c3CC[C@@H]4Oc3nc(OC)c(CN4CC(C(=O)O)C4)cc3Cl)c2Cl)ccc1CNC[C@@H]1CCC(=O)C1. The minimum absolute atomic E-state index is 0.256. The molecule has 0 amide bonds. The van der Waals surface area contributed by atoms with E-state index in [1.54, 1.807) is 20.3 Å². The molecule has 7 rings (SSSR count). The number of Topliss-reactive ketones (excluding diaryl/α,β-unsaturated/α-hetero) is 1. The zero-order valence-corrected chi connectivity index (χ0v) is 30.2. The Morgan fingerprint density at radius 1 is 0.941 bits per heavy atom. The highest BCUT2D eigenvalue weighted by molar-refractivity contribution is 6.36. The van der Waals surface area contributed by atoms with E-state index in [2.05, 4.69) is 40.6 Å². The third-order valence-corrected chi connectivity index (χ3v) is 11.0. The van der Waals surface area contributed by atoms with Crippen molar-refractivity contribution in [3.8, 4) is 39.8 Å². The van der Waals surface area contributed by atoms with Crippen LogP contribution in [0.3, 0.4) is 0 Å². The number of ether oxygens (including phenoxy) is 3. The lowest BCUT2D eigenvalue weighted by Crippen LogP contribution is -2.49. The van der Waals surface area contributed by atoms with Crippen LogP contribution in [0.25, 0.3) is 22.3 Å². The van der Waals surface area contributed by atoms with Crippen LogP contribution in [-0.2, 0) is 29.1 Å². The number of halogens is 2. The average molecular weight is 731 g/mol. The molecule has 2 N–H and O–H groups in total. The lowest BCUT2D eigenvalue weighted by molar-refractivity contribution is -0.147. The molecule has 51 heavy (non-hydrogen) atoms. The van der Waals surface area contributed by atoms with Crippen molar-refractivity contribution in [2.24, 2.45) is 11.8 Å². The molecule has 1 aliphatic heterocycles. The topological polar surface area (TPSA) is 110 Å². The Kier molecular flexibility index (Phi) is 10.5. The number of fused-ring (bicyclic) bond motifs is 1. The van der Waals surface area contributed by atoms with Gasteiger partial charge in [0.15, 0.2) is 0 Å². The molecule has 1 saturated carbocycles. The number of pyridine rings is 1. The van der Waals surface area contributed by atoms with Gasteiger partial charge in [-0.3, -0.25) is 14.5 Å². The smallest absolute Gasteiger partial charge is 0.309 e. The molecule has 3 aromatic carbocycles. The van der Waals surface area contributed by atoms with Crippen molar-refractivity contribution in [1.29, 1.82) is 0 Å². The summed E-state index contributed by atoms with van der Waals surface area (Å²) >= 11 is 13.9. The highest BCUT2D eigenvalue weighted by Crippen LogP contribution is 2.45. The van der Waals surface area contributed by atoms with Gasteiger partial charge in [0, 0.05) is 61.3 Å². The van der Waals surface area contributed by atoms with Crippen molar-refractivity contribution in [1.82, 2.24) is 15.2 Å². The summed E-state index contributed by atoms with van der Waals surface area (Å²) < 4.78 is 17.8. The van der Waals surface area contributed by atoms with Crippen LogP contribution in [-0.4, -0.2) is 60.6 Å². The van der Waals surface area contributed by atoms with Gasteiger partial charge in [-0.15, -0.1) is 0 Å². The van der Waals surface area contributed by atoms with E-state index in [0.29, 0.717) is 72.5 Å². The van der Waals surface area contributed by atoms with Crippen LogP contribution < -0.4 is 19.5 Å². The van der Waals surface area contributed by atoms with Gasteiger partial charge in [0.25, 0.3) is 0 Å². The Morgan fingerprint density at radius 3 is 2.47 bits per heavy atom. The predicted molar refractivity (Wildman–Crippen MR) is 197 cm³/mol. The number of likely N-dealkylation sites (tertiary alicyclic amines) is 1. The molecule has 9 nitrogen and oxygen atoms in total. The molecular weight excluding hydrogens is 689 g/mol. The maximum atomic E-state index is 11.6. The fourth-order valence-electron chi connectivity index (χ4n) is 7.59. The van der Waals surface area contributed by atoms with Gasteiger partial charge in [-0.1, -0.05) is 71.7 Å². The van der Waals surface area contributed by atoms with Gasteiger partial charge in [-0.05, 0) is 66.1 Å². The first-order valence-corrected chi connectivity index (χ1v) is 18.1. The predicted octanol–water partition coefficient (Wildman–Crippen LogP) is 7.78. The Balaban J connectivity index is 1.08. The number of carboxylic acid groups (broad SMARTS) is 1. The number of aliphatic carboxylic acids is 1. The van der Waals surface area contributed by atoms with Crippen molar-refractivity contribution < 1.29 is 28.9 Å². The first kappa shape index (κ1) is 35.3. The molecule has 3 aliphatic rings. The molecule has 11 heteroatoms. The molecule has 0 unspecified atom stereocenters. The lowest BCUT2D eigenvalue weighted by atomic mass is 9.93. The van der Waals surface area contributed by atoms with E-state index < -0.39 is 5.97 Å². The van der Waals surface area contributed by atoms with Gasteiger partial charge in [-0.25, -0.2) is 0 Å². The van der Waals surface area contributed by atoms with Gasteiger partial charge in [0.05, 0.1) is 25.2 Å². The molecule has 2 fully saturated rings. The molecule has 0 bridgehead atoms. The summed E-state index contributed by atoms with van der Waals surface area (Å²) in [7, 11) is 3.24. The van der Waals surface area contributed by atoms with Gasteiger partial charge in [0.1, 0.15) is 22.7 Å². The molecule has 0 radical (unpaired) electrons. The molecule has 2 atom stereocenters. The van der Waals surface area contributed by atoms with E-state index >= 15 is 0 Å². The van der Waals surface area contributed by atoms with Crippen LogP contribution >= 0.6 is 23.2 Å². The van der Waals surface area contributed by atoms with Crippen LogP contribution in [0.4, 0.5) is 0 Å². The number of hydrogen-bond acceptors (Lipinski definition) is 8. The van der Waals surface area contributed by atoms with Crippen molar-refractivity contribution in [2.45, 2.75) is 51.3 Å². The molecule has 0 spiro atoms. The van der Waals surface area contributed by atoms with E-state index in [-0.39, 0.29) is 12.0 Å².